The number of halogens is 3. The number of nitrogens with two attached hydrogens (primary N) is 1. The molecule has 1 rings (SSSR count). The van der Waals surface area contributed by atoms with Gasteiger partial charge in [-0.3, -0.25) is 0 Å². The zero-order valence-electron chi connectivity index (χ0n) is 9.04. The summed E-state index contributed by atoms with van der Waals surface area (Å²) in [5.74, 6) is -1.93. The summed E-state index contributed by atoms with van der Waals surface area (Å²) in [5, 5.41) is 0. The normalized spacial score (nSPS) is 10.7. The Kier molecular flexibility index (Phi) is 4.45. The molecule has 0 amide bonds. The molecular weight excluding hydrogens is 237 g/mol. The Morgan fingerprint density at radius 1 is 1.59 bits per heavy atom. The summed E-state index contributed by atoms with van der Waals surface area (Å²) >= 11 is 0. The molecule has 0 saturated carbocycles. The standard InChI is InChI=1S/C10H11F3N2O2/c1-2-17-10(16)5-3-6(11)7(4-14)15-8(5)9(12)13/h3,9H,2,4,14H2,1H3. The van der Waals surface area contributed by atoms with Crippen LogP contribution in [0.15, 0.2) is 6.07 Å². The molecule has 4 nitrogen and oxygen atoms in total. The van der Waals surface area contributed by atoms with E-state index < -0.39 is 29.5 Å². The Bertz CT molecular complexity index is 424. The van der Waals surface area contributed by atoms with Crippen LogP contribution in [0.3, 0.4) is 0 Å². The van der Waals surface area contributed by atoms with Crippen LogP contribution in [0.2, 0.25) is 0 Å². The van der Waals surface area contributed by atoms with Gasteiger partial charge in [0.15, 0.2) is 0 Å². The van der Waals surface area contributed by atoms with Crippen LogP contribution in [0.5, 0.6) is 0 Å². The number of ether oxygens (including phenoxy) is 1. The summed E-state index contributed by atoms with van der Waals surface area (Å²) in [6, 6.07) is 0.675. The van der Waals surface area contributed by atoms with Crippen LogP contribution in [0.1, 0.15) is 35.1 Å². The van der Waals surface area contributed by atoms with Crippen molar-refractivity contribution >= 4 is 5.97 Å². The van der Waals surface area contributed by atoms with Crippen molar-refractivity contribution < 1.29 is 22.7 Å². The highest BCUT2D eigenvalue weighted by Gasteiger charge is 2.23. The fourth-order valence-electron chi connectivity index (χ4n) is 1.22. The van der Waals surface area contributed by atoms with Crippen molar-refractivity contribution in [1.29, 1.82) is 0 Å². The van der Waals surface area contributed by atoms with Gasteiger partial charge in [0, 0.05) is 6.54 Å². The van der Waals surface area contributed by atoms with E-state index in [-0.39, 0.29) is 18.8 Å². The molecule has 1 aromatic heterocycles. The first-order valence-electron chi connectivity index (χ1n) is 4.85. The molecule has 0 unspecified atom stereocenters. The van der Waals surface area contributed by atoms with Crippen LogP contribution in [-0.2, 0) is 11.3 Å². The van der Waals surface area contributed by atoms with Crippen molar-refractivity contribution in [2.45, 2.75) is 19.9 Å². The maximum Gasteiger partial charge on any atom is 0.340 e. The summed E-state index contributed by atoms with van der Waals surface area (Å²) in [6.07, 6.45) is -3.00. The first kappa shape index (κ1) is 13.4. The number of aromatic nitrogens is 1. The predicted molar refractivity (Wildman–Crippen MR) is 53.0 cm³/mol. The predicted octanol–water partition coefficient (Wildman–Crippen LogP) is 1.79. The number of nitrogens with zero attached hydrogens (tertiary/aromatic N) is 1. The second kappa shape index (κ2) is 5.62. The van der Waals surface area contributed by atoms with Crippen LogP contribution in [0, 0.1) is 5.82 Å². The lowest BCUT2D eigenvalue weighted by Gasteiger charge is -2.09. The van der Waals surface area contributed by atoms with Gasteiger partial charge < -0.3 is 10.5 Å². The lowest BCUT2D eigenvalue weighted by Crippen LogP contribution is -2.14. The van der Waals surface area contributed by atoms with Crippen molar-refractivity contribution in [3.63, 3.8) is 0 Å². The number of carbonyl (C=O) groups excluding carboxylic acids is 1. The maximum atomic E-state index is 13.3. The molecule has 0 bridgehead atoms. The van der Waals surface area contributed by atoms with E-state index >= 15 is 0 Å². The van der Waals surface area contributed by atoms with E-state index in [9.17, 15) is 18.0 Å². The van der Waals surface area contributed by atoms with Gasteiger partial charge in [-0.15, -0.1) is 0 Å². The first-order valence-corrected chi connectivity index (χ1v) is 4.85. The van der Waals surface area contributed by atoms with Gasteiger partial charge in [0.1, 0.15) is 11.5 Å². The summed E-state index contributed by atoms with van der Waals surface area (Å²) in [6.45, 7) is 1.19. The van der Waals surface area contributed by atoms with Gasteiger partial charge in [0.25, 0.3) is 6.43 Å². The molecular formula is C10H11F3N2O2. The van der Waals surface area contributed by atoms with E-state index in [4.69, 9.17) is 5.73 Å². The number of rotatable bonds is 4. The Labute approximate surface area is 95.6 Å². The van der Waals surface area contributed by atoms with E-state index in [0.29, 0.717) is 6.07 Å². The fourth-order valence-corrected chi connectivity index (χ4v) is 1.22. The molecule has 0 aliphatic carbocycles. The molecule has 17 heavy (non-hydrogen) atoms. The molecule has 0 aliphatic heterocycles. The Hall–Kier alpha value is -1.63. The highest BCUT2D eigenvalue weighted by molar-refractivity contribution is 5.90. The summed E-state index contributed by atoms with van der Waals surface area (Å²) in [4.78, 5) is 14.7. The molecule has 0 saturated heterocycles. The second-order valence-corrected chi connectivity index (χ2v) is 3.07. The number of esters is 1. The minimum atomic E-state index is -3.00. The average molecular weight is 248 g/mol. The molecule has 0 radical (unpaired) electrons. The topological polar surface area (TPSA) is 65.2 Å². The fraction of sp³-hybridized carbons (Fsp3) is 0.400. The van der Waals surface area contributed by atoms with E-state index in [0.717, 1.165) is 0 Å². The summed E-state index contributed by atoms with van der Waals surface area (Å²) in [5.41, 5.74) is 3.44. The highest BCUT2D eigenvalue weighted by atomic mass is 19.3. The van der Waals surface area contributed by atoms with Crippen molar-refractivity contribution in [3.05, 3.63) is 28.8 Å². The van der Waals surface area contributed by atoms with Gasteiger partial charge in [-0.25, -0.2) is 22.9 Å². The van der Waals surface area contributed by atoms with Crippen molar-refractivity contribution in [2.24, 2.45) is 5.73 Å². The van der Waals surface area contributed by atoms with Crippen LogP contribution in [0.4, 0.5) is 13.2 Å². The SMILES string of the molecule is CCOC(=O)c1cc(F)c(CN)nc1C(F)F. The maximum absolute atomic E-state index is 13.3. The lowest BCUT2D eigenvalue weighted by atomic mass is 10.1. The van der Waals surface area contributed by atoms with Gasteiger partial charge in [-0.2, -0.15) is 0 Å². The smallest absolute Gasteiger partial charge is 0.340 e. The molecule has 7 heteroatoms. The minimum absolute atomic E-state index is 0.00176. The molecule has 2 N–H and O–H groups in total. The Morgan fingerprint density at radius 2 is 2.24 bits per heavy atom. The van der Waals surface area contributed by atoms with Crippen molar-refractivity contribution in [1.82, 2.24) is 4.98 Å². The molecule has 94 valence electrons. The number of pyridine rings is 1. The molecule has 0 spiro atoms. The Balaban J connectivity index is 3.27. The first-order chi connectivity index (χ1) is 8.01. The third kappa shape index (κ3) is 2.94. The molecule has 0 aromatic carbocycles. The monoisotopic (exact) mass is 248 g/mol. The number of hydrogen-bond donors (Lipinski definition) is 1. The quantitative estimate of drug-likeness (QED) is 0.825. The van der Waals surface area contributed by atoms with E-state index in [1.54, 1.807) is 0 Å². The largest absolute Gasteiger partial charge is 0.462 e. The average Bonchev–Trinajstić information content (AvgIpc) is 2.28. The van der Waals surface area contributed by atoms with Crippen LogP contribution >= 0.6 is 0 Å². The molecule has 1 aromatic rings. The number of hydrogen-bond acceptors (Lipinski definition) is 4. The zero-order valence-corrected chi connectivity index (χ0v) is 9.04. The van der Waals surface area contributed by atoms with Gasteiger partial charge in [0.05, 0.1) is 17.9 Å². The van der Waals surface area contributed by atoms with Gasteiger partial charge in [-0.1, -0.05) is 0 Å². The summed E-state index contributed by atoms with van der Waals surface area (Å²) in [7, 11) is 0. The van der Waals surface area contributed by atoms with Gasteiger partial charge >= 0.3 is 5.97 Å². The third-order valence-corrected chi connectivity index (χ3v) is 1.97. The van der Waals surface area contributed by atoms with E-state index in [1.807, 2.05) is 0 Å². The highest BCUT2D eigenvalue weighted by Crippen LogP contribution is 2.23. The lowest BCUT2D eigenvalue weighted by molar-refractivity contribution is 0.0512. The van der Waals surface area contributed by atoms with Crippen molar-refractivity contribution in [2.75, 3.05) is 6.61 Å². The molecule has 1 heterocycles. The van der Waals surface area contributed by atoms with Crippen LogP contribution < -0.4 is 5.73 Å². The molecule has 0 atom stereocenters. The molecule has 0 fully saturated rings. The second-order valence-electron chi connectivity index (χ2n) is 3.07. The number of alkyl halides is 2. The van der Waals surface area contributed by atoms with Crippen molar-refractivity contribution in [3.8, 4) is 0 Å². The zero-order chi connectivity index (χ0) is 13.0. The van der Waals surface area contributed by atoms with Gasteiger partial charge in [-0.05, 0) is 13.0 Å². The summed E-state index contributed by atoms with van der Waals surface area (Å²) < 4.78 is 43.1. The van der Waals surface area contributed by atoms with E-state index in [2.05, 4.69) is 9.72 Å². The number of carbonyl (C=O) groups is 1. The Morgan fingerprint density at radius 3 is 2.71 bits per heavy atom. The van der Waals surface area contributed by atoms with Crippen LogP contribution in [-0.4, -0.2) is 17.6 Å². The van der Waals surface area contributed by atoms with E-state index in [1.165, 1.54) is 6.92 Å². The molecule has 0 aliphatic rings. The minimum Gasteiger partial charge on any atom is -0.462 e. The van der Waals surface area contributed by atoms with Crippen LogP contribution in [0.25, 0.3) is 0 Å². The van der Waals surface area contributed by atoms with Gasteiger partial charge in [0.2, 0.25) is 0 Å². The third-order valence-electron chi connectivity index (χ3n) is 1.97.